The summed E-state index contributed by atoms with van der Waals surface area (Å²) in [5.74, 6) is -0.336. The molecule has 0 bridgehead atoms. The number of nitrogens with two attached hydrogens (primary N) is 1. The number of rotatable bonds is 43. The summed E-state index contributed by atoms with van der Waals surface area (Å²) in [6.07, 6.45) is 48.7. The van der Waals surface area contributed by atoms with Gasteiger partial charge in [0, 0.05) is 19.6 Å². The fourth-order valence-electron chi connectivity index (χ4n) is 6.20. The van der Waals surface area contributed by atoms with Crippen LogP contribution in [0, 0.1) is 0 Å². The fourth-order valence-corrected chi connectivity index (χ4v) is 6.96. The van der Waals surface area contributed by atoms with Gasteiger partial charge in [0.1, 0.15) is 6.10 Å². The summed E-state index contributed by atoms with van der Waals surface area (Å²) >= 11 is 0. The summed E-state index contributed by atoms with van der Waals surface area (Å²) in [7, 11) is -4.28. The molecule has 0 radical (unpaired) electrons. The third-order valence-electron chi connectivity index (χ3n) is 9.53. The van der Waals surface area contributed by atoms with Crippen LogP contribution in [0.15, 0.2) is 36.5 Å². The first kappa shape index (κ1) is 52.7. The molecule has 0 aliphatic heterocycles. The van der Waals surface area contributed by atoms with E-state index < -0.39 is 13.9 Å². The molecule has 0 heterocycles. The van der Waals surface area contributed by atoms with Crippen molar-refractivity contribution in [3.05, 3.63) is 36.5 Å². The quantitative estimate of drug-likeness (QED) is 0.0272. The summed E-state index contributed by atoms with van der Waals surface area (Å²) in [4.78, 5) is 22.5. The first-order valence-corrected chi connectivity index (χ1v) is 24.0. The molecule has 8 nitrogen and oxygen atoms in total. The minimum atomic E-state index is -4.28. The highest BCUT2D eigenvalue weighted by atomic mass is 31.2. The fraction of sp³-hybridized carbons (Fsp3) is 0.844. The van der Waals surface area contributed by atoms with E-state index in [0.29, 0.717) is 13.0 Å². The van der Waals surface area contributed by atoms with Gasteiger partial charge in [-0.15, -0.1) is 0 Å². The zero-order valence-corrected chi connectivity index (χ0v) is 36.1. The Morgan fingerprint density at radius 3 is 1.50 bits per heavy atom. The van der Waals surface area contributed by atoms with Gasteiger partial charge in [0.05, 0.1) is 19.8 Å². The lowest BCUT2D eigenvalue weighted by molar-refractivity contribution is -0.154. The van der Waals surface area contributed by atoms with Crippen molar-refractivity contribution in [2.75, 3.05) is 33.0 Å². The number of ether oxygens (including phenoxy) is 2. The minimum absolute atomic E-state index is 0.0974. The van der Waals surface area contributed by atoms with Gasteiger partial charge in [-0.2, -0.15) is 0 Å². The van der Waals surface area contributed by atoms with Crippen LogP contribution in [0.2, 0.25) is 0 Å². The maximum absolute atomic E-state index is 12.6. The van der Waals surface area contributed by atoms with E-state index in [1.165, 1.54) is 148 Å². The topological polar surface area (TPSA) is 117 Å². The van der Waals surface area contributed by atoms with Crippen LogP contribution in [0.1, 0.15) is 206 Å². The predicted octanol–water partition coefficient (Wildman–Crippen LogP) is 13.4. The lowest BCUT2D eigenvalue weighted by atomic mass is 10.1. The smallest absolute Gasteiger partial charge is 0.457 e. The van der Waals surface area contributed by atoms with Crippen LogP contribution in [-0.2, 0) is 27.9 Å². The number of allylic oxidation sites excluding steroid dienone is 6. The second-order valence-corrected chi connectivity index (χ2v) is 16.4. The highest BCUT2D eigenvalue weighted by molar-refractivity contribution is 7.47. The van der Waals surface area contributed by atoms with E-state index in [-0.39, 0.29) is 32.3 Å². The van der Waals surface area contributed by atoms with Crippen LogP contribution in [-0.4, -0.2) is 49.9 Å². The zero-order valence-electron chi connectivity index (χ0n) is 35.2. The Morgan fingerprint density at radius 2 is 0.981 bits per heavy atom. The van der Waals surface area contributed by atoms with Gasteiger partial charge in [0.25, 0.3) is 0 Å². The molecule has 0 saturated carbocycles. The summed E-state index contributed by atoms with van der Waals surface area (Å²) in [5.41, 5.74) is 5.37. The van der Waals surface area contributed by atoms with E-state index in [1.807, 2.05) is 0 Å². The number of carbonyl (C=O) groups is 1. The van der Waals surface area contributed by atoms with Gasteiger partial charge < -0.3 is 20.1 Å². The Morgan fingerprint density at radius 1 is 0.556 bits per heavy atom. The van der Waals surface area contributed by atoms with Crippen molar-refractivity contribution in [3.8, 4) is 0 Å². The molecule has 54 heavy (non-hydrogen) atoms. The van der Waals surface area contributed by atoms with Gasteiger partial charge in [-0.25, -0.2) is 4.57 Å². The first-order valence-electron chi connectivity index (χ1n) is 22.5. The number of hydrogen-bond acceptors (Lipinski definition) is 7. The molecule has 0 aliphatic rings. The van der Waals surface area contributed by atoms with Crippen molar-refractivity contribution in [2.24, 2.45) is 5.73 Å². The van der Waals surface area contributed by atoms with Crippen molar-refractivity contribution >= 4 is 13.8 Å². The first-order chi connectivity index (χ1) is 26.4. The lowest BCUT2D eigenvalue weighted by Gasteiger charge is -2.20. The SMILES string of the molecule is CCCCC/C=C\C/C=C\CCCCCCCCCCOCC(COP(=O)(O)OCCN)OC(=O)CCCCCCCCC/C=C\CCCCCCCC. The third-order valence-corrected chi connectivity index (χ3v) is 10.5. The molecule has 0 fully saturated rings. The van der Waals surface area contributed by atoms with E-state index in [2.05, 4.69) is 50.3 Å². The van der Waals surface area contributed by atoms with Crippen molar-refractivity contribution in [1.82, 2.24) is 0 Å². The molecule has 318 valence electrons. The van der Waals surface area contributed by atoms with Gasteiger partial charge in [-0.3, -0.25) is 13.8 Å². The second-order valence-electron chi connectivity index (χ2n) is 14.9. The summed E-state index contributed by atoms with van der Waals surface area (Å²) in [5, 5.41) is 0. The normalized spacial score (nSPS) is 13.8. The Hall–Kier alpha value is -1.28. The average molecular weight is 784 g/mol. The molecule has 2 unspecified atom stereocenters. The average Bonchev–Trinajstić information content (AvgIpc) is 3.16. The number of hydrogen-bond donors (Lipinski definition) is 2. The molecule has 0 amide bonds. The maximum atomic E-state index is 12.6. The standard InChI is InChI=1S/C45H86NO7P/c1-3-5-7-9-11-13-15-17-19-21-23-25-27-29-31-33-35-37-40-50-42-44(43-52-54(48,49)51-41-39-46)53-45(47)38-36-34-32-30-28-26-24-22-20-18-16-14-12-10-8-6-4-2/h11,13,17-20,44H,3-10,12,14-16,21-43,46H2,1-2H3,(H,48,49)/b13-11-,19-17-,20-18-. The van der Waals surface area contributed by atoms with E-state index >= 15 is 0 Å². The van der Waals surface area contributed by atoms with E-state index in [9.17, 15) is 14.3 Å². The molecule has 2 atom stereocenters. The maximum Gasteiger partial charge on any atom is 0.472 e. The van der Waals surface area contributed by atoms with Gasteiger partial charge in [0.15, 0.2) is 0 Å². The number of unbranched alkanes of at least 4 members (excludes halogenated alkanes) is 24. The van der Waals surface area contributed by atoms with Crippen molar-refractivity contribution in [3.63, 3.8) is 0 Å². The third kappa shape index (κ3) is 41.9. The van der Waals surface area contributed by atoms with Crippen LogP contribution in [0.5, 0.6) is 0 Å². The van der Waals surface area contributed by atoms with Gasteiger partial charge in [-0.1, -0.05) is 166 Å². The number of phosphoric acid groups is 1. The molecule has 9 heteroatoms. The monoisotopic (exact) mass is 784 g/mol. The van der Waals surface area contributed by atoms with Gasteiger partial charge in [0.2, 0.25) is 0 Å². The van der Waals surface area contributed by atoms with E-state index in [1.54, 1.807) is 0 Å². The van der Waals surface area contributed by atoms with E-state index in [0.717, 1.165) is 38.5 Å². The molecule has 0 rings (SSSR count). The Balaban J connectivity index is 4.02. The Labute approximate surface area is 333 Å². The number of esters is 1. The lowest BCUT2D eigenvalue weighted by Crippen LogP contribution is -2.28. The van der Waals surface area contributed by atoms with Crippen molar-refractivity contribution in [2.45, 2.75) is 213 Å². The molecule has 0 spiro atoms. The summed E-state index contributed by atoms with van der Waals surface area (Å²) in [6, 6.07) is 0. The Bertz CT molecular complexity index is 926. The second kappa shape index (κ2) is 42.9. The van der Waals surface area contributed by atoms with Crippen LogP contribution >= 0.6 is 7.82 Å². The van der Waals surface area contributed by atoms with Crippen LogP contribution < -0.4 is 5.73 Å². The van der Waals surface area contributed by atoms with Crippen LogP contribution in [0.4, 0.5) is 0 Å². The van der Waals surface area contributed by atoms with Gasteiger partial charge in [-0.05, 0) is 70.6 Å². The molecule has 0 aromatic heterocycles. The highest BCUT2D eigenvalue weighted by Crippen LogP contribution is 2.43. The molecule has 3 N–H and O–H groups in total. The number of phosphoric ester groups is 1. The molecule has 0 aliphatic carbocycles. The zero-order chi connectivity index (χ0) is 39.5. The largest absolute Gasteiger partial charge is 0.472 e. The Kier molecular flexibility index (Phi) is 41.8. The van der Waals surface area contributed by atoms with Crippen molar-refractivity contribution < 1.29 is 32.8 Å². The van der Waals surface area contributed by atoms with Crippen molar-refractivity contribution in [1.29, 1.82) is 0 Å². The molecule has 0 aromatic rings. The molecule has 0 aromatic carbocycles. The minimum Gasteiger partial charge on any atom is -0.457 e. The summed E-state index contributed by atoms with van der Waals surface area (Å²) in [6.45, 7) is 4.89. The van der Waals surface area contributed by atoms with E-state index in [4.69, 9.17) is 24.3 Å². The number of carbonyl (C=O) groups excluding carboxylic acids is 1. The van der Waals surface area contributed by atoms with Gasteiger partial charge >= 0.3 is 13.8 Å². The highest BCUT2D eigenvalue weighted by Gasteiger charge is 2.25. The van der Waals surface area contributed by atoms with Crippen LogP contribution in [0.3, 0.4) is 0 Å². The molecule has 0 saturated heterocycles. The molecular formula is C45H86NO7P. The predicted molar refractivity (Wildman–Crippen MR) is 229 cm³/mol. The van der Waals surface area contributed by atoms with Crippen LogP contribution in [0.25, 0.3) is 0 Å². The summed E-state index contributed by atoms with van der Waals surface area (Å²) < 4.78 is 33.5. The molecular weight excluding hydrogens is 697 g/mol.